The van der Waals surface area contributed by atoms with Gasteiger partial charge in [0, 0.05) is 17.1 Å². The number of amides is 1. The van der Waals surface area contributed by atoms with Gasteiger partial charge in [0.25, 0.3) is 0 Å². The first-order valence-corrected chi connectivity index (χ1v) is 8.18. The first kappa shape index (κ1) is 16.9. The Morgan fingerprint density at radius 3 is 2.64 bits per heavy atom. The van der Waals surface area contributed by atoms with Gasteiger partial charge in [0.15, 0.2) is 5.69 Å². The second kappa shape index (κ2) is 7.31. The molecule has 1 amide bonds. The summed E-state index contributed by atoms with van der Waals surface area (Å²) in [5.41, 5.74) is 2.31. The first-order chi connectivity index (χ1) is 12.0. The van der Waals surface area contributed by atoms with E-state index >= 15 is 0 Å². The van der Waals surface area contributed by atoms with E-state index in [-0.39, 0.29) is 17.5 Å². The molecule has 2 aromatic carbocycles. The van der Waals surface area contributed by atoms with Crippen molar-refractivity contribution in [2.24, 2.45) is 4.99 Å². The van der Waals surface area contributed by atoms with Gasteiger partial charge >= 0.3 is 5.95 Å². The number of nitrogens with one attached hydrogen (secondary N) is 1. The van der Waals surface area contributed by atoms with Crippen LogP contribution in [0.15, 0.2) is 62.4 Å². The Morgan fingerprint density at radius 2 is 1.96 bits per heavy atom. The van der Waals surface area contributed by atoms with E-state index in [1.165, 1.54) is 13.1 Å². The van der Waals surface area contributed by atoms with Crippen LogP contribution in [0.5, 0.6) is 5.95 Å². The third-order valence-corrected chi connectivity index (χ3v) is 3.95. The molecule has 0 fully saturated rings. The minimum Gasteiger partial charge on any atom is -0.479 e. The monoisotopic (exact) mass is 399 g/mol. The number of rotatable bonds is 4. The number of benzene rings is 2. The van der Waals surface area contributed by atoms with E-state index in [9.17, 15) is 9.90 Å². The maximum atomic E-state index is 11.0. The van der Waals surface area contributed by atoms with Crippen molar-refractivity contribution in [3.8, 4) is 17.4 Å². The first-order valence-electron chi connectivity index (χ1n) is 7.39. The molecule has 0 saturated heterocycles. The van der Waals surface area contributed by atoms with E-state index in [0.29, 0.717) is 17.3 Å². The number of hydrogen-bond acceptors (Lipinski definition) is 5. The second-order valence-corrected chi connectivity index (χ2v) is 6.03. The Labute approximate surface area is 152 Å². The lowest BCUT2D eigenvalue weighted by Crippen LogP contribution is -2.04. The number of anilines is 1. The summed E-state index contributed by atoms with van der Waals surface area (Å²) in [6, 6.07) is 14.4. The molecule has 25 heavy (non-hydrogen) atoms. The average Bonchev–Trinajstić information content (AvgIpc) is 2.95. The van der Waals surface area contributed by atoms with Crippen LogP contribution in [0.3, 0.4) is 0 Å². The van der Waals surface area contributed by atoms with Crippen LogP contribution in [0, 0.1) is 0 Å². The van der Waals surface area contributed by atoms with Crippen LogP contribution < -0.4 is 5.32 Å². The lowest BCUT2D eigenvalue weighted by Gasteiger charge is -2.01. The van der Waals surface area contributed by atoms with E-state index in [0.717, 1.165) is 10.0 Å². The van der Waals surface area contributed by atoms with Crippen molar-refractivity contribution in [1.29, 1.82) is 0 Å². The maximum Gasteiger partial charge on any atom is 0.312 e. The predicted octanol–water partition coefficient (Wildman–Crippen LogP) is 4.52. The summed E-state index contributed by atoms with van der Waals surface area (Å²) in [6.07, 6.45) is 1.42. The molecule has 0 radical (unpaired) electrons. The van der Waals surface area contributed by atoms with Gasteiger partial charge in [-0.05, 0) is 52.3 Å². The highest BCUT2D eigenvalue weighted by atomic mass is 79.9. The predicted molar refractivity (Wildman–Crippen MR) is 99.3 cm³/mol. The molecule has 0 bridgehead atoms. The third-order valence-electron chi connectivity index (χ3n) is 3.26. The van der Waals surface area contributed by atoms with E-state index < -0.39 is 0 Å². The van der Waals surface area contributed by atoms with E-state index in [1.807, 2.05) is 24.3 Å². The smallest absolute Gasteiger partial charge is 0.312 e. The maximum absolute atomic E-state index is 11.0. The van der Waals surface area contributed by atoms with Gasteiger partial charge in [-0.3, -0.25) is 9.79 Å². The molecular weight excluding hydrogens is 386 g/mol. The van der Waals surface area contributed by atoms with Gasteiger partial charge < -0.3 is 14.8 Å². The Bertz CT molecular complexity index is 933. The molecule has 0 spiro atoms. The molecule has 1 aromatic heterocycles. The molecule has 0 aliphatic heterocycles. The topological polar surface area (TPSA) is 87.7 Å². The highest BCUT2D eigenvalue weighted by molar-refractivity contribution is 9.10. The molecule has 6 nitrogen and oxygen atoms in total. The third kappa shape index (κ3) is 4.13. The fraction of sp³-hybridized carbons (Fsp3) is 0.0556. The van der Waals surface area contributed by atoms with Gasteiger partial charge in [0.2, 0.25) is 11.8 Å². The molecular formula is C18H14BrN3O3. The van der Waals surface area contributed by atoms with Gasteiger partial charge in [-0.25, -0.2) is 4.98 Å². The zero-order chi connectivity index (χ0) is 17.8. The number of carbonyl (C=O) groups excluding carboxylic acids is 1. The summed E-state index contributed by atoms with van der Waals surface area (Å²) < 4.78 is 6.12. The van der Waals surface area contributed by atoms with Crippen LogP contribution in [-0.2, 0) is 4.79 Å². The largest absolute Gasteiger partial charge is 0.479 e. The van der Waals surface area contributed by atoms with E-state index in [2.05, 4.69) is 31.2 Å². The highest BCUT2D eigenvalue weighted by Gasteiger charge is 2.14. The van der Waals surface area contributed by atoms with E-state index in [4.69, 9.17) is 4.42 Å². The van der Waals surface area contributed by atoms with Crippen LogP contribution >= 0.6 is 15.9 Å². The van der Waals surface area contributed by atoms with Crippen LogP contribution in [0.4, 0.5) is 11.4 Å². The molecule has 0 saturated carbocycles. The molecule has 2 N–H and O–H groups in total. The Balaban J connectivity index is 1.80. The summed E-state index contributed by atoms with van der Waals surface area (Å²) >= 11 is 3.42. The zero-order valence-corrected chi connectivity index (χ0v) is 14.8. The summed E-state index contributed by atoms with van der Waals surface area (Å²) in [6.45, 7) is 1.45. The SMILES string of the molecule is CC(=O)Nc1ccc(N=Cc2nc(-c3ccccc3Br)oc2O)cc1. The lowest BCUT2D eigenvalue weighted by molar-refractivity contribution is -0.114. The molecule has 0 atom stereocenters. The minimum atomic E-state index is -0.302. The Kier molecular flexibility index (Phi) is 4.95. The summed E-state index contributed by atoms with van der Waals surface area (Å²) in [4.78, 5) is 19.5. The molecule has 126 valence electrons. The van der Waals surface area contributed by atoms with Crippen LogP contribution in [0.1, 0.15) is 12.6 Å². The van der Waals surface area contributed by atoms with Crippen LogP contribution in [0.2, 0.25) is 0 Å². The number of oxazole rings is 1. The molecule has 0 aliphatic rings. The quantitative estimate of drug-likeness (QED) is 0.631. The molecule has 0 unspecified atom stereocenters. The molecule has 1 heterocycles. The lowest BCUT2D eigenvalue weighted by atomic mass is 10.2. The number of nitrogens with zero attached hydrogens (tertiary/aromatic N) is 2. The molecule has 7 heteroatoms. The average molecular weight is 400 g/mol. The number of hydrogen-bond donors (Lipinski definition) is 2. The van der Waals surface area contributed by atoms with Crippen molar-refractivity contribution < 1.29 is 14.3 Å². The van der Waals surface area contributed by atoms with Crippen molar-refractivity contribution in [2.75, 3.05) is 5.32 Å². The number of aromatic hydroxyl groups is 1. The minimum absolute atomic E-state index is 0.136. The highest BCUT2D eigenvalue weighted by Crippen LogP contribution is 2.31. The summed E-state index contributed by atoms with van der Waals surface area (Å²) in [5.74, 6) is -0.139. The Hall–Kier alpha value is -2.93. The van der Waals surface area contributed by atoms with Crippen LogP contribution in [-0.4, -0.2) is 22.2 Å². The van der Waals surface area contributed by atoms with Gasteiger partial charge in [0.05, 0.1) is 17.5 Å². The van der Waals surface area contributed by atoms with Crippen molar-refractivity contribution in [2.45, 2.75) is 6.92 Å². The fourth-order valence-corrected chi connectivity index (χ4v) is 2.58. The molecule has 0 aliphatic carbocycles. The number of aromatic nitrogens is 1. The van der Waals surface area contributed by atoms with Crippen LogP contribution in [0.25, 0.3) is 11.5 Å². The van der Waals surface area contributed by atoms with Gasteiger partial charge in [0.1, 0.15) is 0 Å². The van der Waals surface area contributed by atoms with Gasteiger partial charge in [-0.2, -0.15) is 0 Å². The number of carbonyl (C=O) groups is 1. The van der Waals surface area contributed by atoms with Crippen molar-refractivity contribution in [1.82, 2.24) is 4.98 Å². The number of halogens is 1. The fourth-order valence-electron chi connectivity index (χ4n) is 2.13. The zero-order valence-electron chi connectivity index (χ0n) is 13.2. The molecule has 3 aromatic rings. The van der Waals surface area contributed by atoms with Crippen molar-refractivity contribution >= 4 is 39.4 Å². The molecule has 3 rings (SSSR count). The van der Waals surface area contributed by atoms with Crippen molar-refractivity contribution in [3.05, 3.63) is 58.7 Å². The van der Waals surface area contributed by atoms with Gasteiger partial charge in [-0.1, -0.05) is 12.1 Å². The summed E-state index contributed by atoms with van der Waals surface area (Å²) in [7, 11) is 0. The normalized spacial score (nSPS) is 11.0. The number of aliphatic imine (C=N–C) groups is 1. The summed E-state index contributed by atoms with van der Waals surface area (Å²) in [5, 5.41) is 12.6. The second-order valence-electron chi connectivity index (χ2n) is 5.18. The van der Waals surface area contributed by atoms with Crippen molar-refractivity contribution in [3.63, 3.8) is 0 Å². The van der Waals surface area contributed by atoms with Gasteiger partial charge in [-0.15, -0.1) is 0 Å². The Morgan fingerprint density at radius 1 is 1.24 bits per heavy atom. The standard InChI is InChI=1S/C18H14BrN3O3/c1-11(23)21-13-8-6-12(7-9-13)20-10-16-18(24)25-17(22-16)14-4-2-3-5-15(14)19/h2-10,24H,1H3,(H,21,23). The van der Waals surface area contributed by atoms with E-state index in [1.54, 1.807) is 24.3 Å².